The highest BCUT2D eigenvalue weighted by Gasteiger charge is 2.39. The molecule has 1 aromatic heterocycles. The number of nitrogens with two attached hydrogens (primary N) is 1. The normalized spacial score (nSPS) is 18.3. The van der Waals surface area contributed by atoms with Crippen LogP contribution >= 0.6 is 15.9 Å². The fourth-order valence-corrected chi connectivity index (χ4v) is 3.47. The second-order valence-corrected chi connectivity index (χ2v) is 5.71. The highest BCUT2D eigenvalue weighted by molar-refractivity contribution is 9.10. The molecule has 0 amide bonds. The monoisotopic (exact) mass is 293 g/mol. The van der Waals surface area contributed by atoms with E-state index in [1.54, 1.807) is 0 Å². The number of aromatic nitrogens is 2. The zero-order valence-electron chi connectivity index (χ0n) is 9.91. The number of rotatable bonds is 2. The molecule has 0 spiro atoms. The predicted molar refractivity (Wildman–Crippen MR) is 73.0 cm³/mol. The summed E-state index contributed by atoms with van der Waals surface area (Å²) in [5.74, 6) is 0. The number of nitrogens with zero attached hydrogens (tertiary/aromatic N) is 2. The highest BCUT2D eigenvalue weighted by Crippen LogP contribution is 2.45. The van der Waals surface area contributed by atoms with Gasteiger partial charge in [-0.15, -0.1) is 0 Å². The largest absolute Gasteiger partial charge is 0.330 e. The summed E-state index contributed by atoms with van der Waals surface area (Å²) in [6.45, 7) is 0.731. The van der Waals surface area contributed by atoms with Crippen LogP contribution in [0.1, 0.15) is 24.8 Å². The molecule has 1 heterocycles. The van der Waals surface area contributed by atoms with Gasteiger partial charge in [0, 0.05) is 24.4 Å². The van der Waals surface area contributed by atoms with Gasteiger partial charge in [-0.1, -0.05) is 24.6 Å². The van der Waals surface area contributed by atoms with Crippen molar-refractivity contribution in [2.24, 2.45) is 12.8 Å². The molecule has 0 bridgehead atoms. The van der Waals surface area contributed by atoms with E-state index >= 15 is 0 Å². The number of halogens is 1. The third-order valence-corrected chi connectivity index (χ3v) is 4.68. The molecule has 0 radical (unpaired) electrons. The third kappa shape index (κ3) is 1.47. The average molecular weight is 294 g/mol. The predicted octanol–water partition coefficient (Wildman–Crippen LogP) is 2.72. The summed E-state index contributed by atoms with van der Waals surface area (Å²) in [6.07, 6.45) is 3.68. The van der Waals surface area contributed by atoms with Gasteiger partial charge in [0.15, 0.2) is 0 Å². The van der Waals surface area contributed by atoms with E-state index in [2.05, 4.69) is 39.2 Å². The van der Waals surface area contributed by atoms with Crippen LogP contribution in [0.25, 0.3) is 10.9 Å². The van der Waals surface area contributed by atoms with Crippen molar-refractivity contribution in [2.75, 3.05) is 6.54 Å². The molecule has 3 nitrogen and oxygen atoms in total. The van der Waals surface area contributed by atoms with Gasteiger partial charge in [-0.25, -0.2) is 0 Å². The summed E-state index contributed by atoms with van der Waals surface area (Å²) in [6, 6.07) is 6.43. The number of fused-ring (bicyclic) bond motifs is 1. The van der Waals surface area contributed by atoms with Gasteiger partial charge >= 0.3 is 0 Å². The van der Waals surface area contributed by atoms with Gasteiger partial charge in [0.05, 0.1) is 5.52 Å². The lowest BCUT2D eigenvalue weighted by atomic mass is 9.64. The van der Waals surface area contributed by atoms with Gasteiger partial charge in [0.1, 0.15) is 4.60 Å². The van der Waals surface area contributed by atoms with Gasteiger partial charge < -0.3 is 5.73 Å². The molecule has 0 unspecified atom stereocenters. The molecule has 4 heteroatoms. The Morgan fingerprint density at radius 3 is 2.82 bits per heavy atom. The average Bonchev–Trinajstić information content (AvgIpc) is 2.55. The van der Waals surface area contributed by atoms with Crippen molar-refractivity contribution in [3.63, 3.8) is 0 Å². The SMILES string of the molecule is Cn1nc(Br)c2cccc(C3(CN)CCC3)c21. The maximum atomic E-state index is 6.01. The van der Waals surface area contributed by atoms with E-state index in [0.29, 0.717) is 0 Å². The molecule has 1 saturated carbocycles. The Morgan fingerprint density at radius 1 is 1.47 bits per heavy atom. The molecule has 2 aromatic rings. The first-order valence-electron chi connectivity index (χ1n) is 6.00. The maximum absolute atomic E-state index is 6.01. The zero-order valence-corrected chi connectivity index (χ0v) is 11.5. The van der Waals surface area contributed by atoms with Crippen molar-refractivity contribution in [2.45, 2.75) is 24.7 Å². The van der Waals surface area contributed by atoms with E-state index in [9.17, 15) is 0 Å². The Balaban J connectivity index is 2.29. The smallest absolute Gasteiger partial charge is 0.135 e. The standard InChI is InChI=1S/C13H16BrN3/c1-17-11-9(12(14)16-17)4-2-5-10(11)13(8-15)6-3-7-13/h2,4-5H,3,6-8,15H2,1H3. The fraction of sp³-hybridized carbons (Fsp3) is 0.462. The zero-order chi connectivity index (χ0) is 12.0. The molecule has 0 saturated heterocycles. The molecule has 1 aromatic carbocycles. The van der Waals surface area contributed by atoms with E-state index in [1.807, 2.05) is 11.7 Å². The number of aryl methyl sites for hydroxylation is 1. The molecule has 3 rings (SSSR count). The van der Waals surface area contributed by atoms with Gasteiger partial charge in [0.25, 0.3) is 0 Å². The Hall–Kier alpha value is -0.870. The summed E-state index contributed by atoms with van der Waals surface area (Å²) < 4.78 is 2.88. The molecular formula is C13H16BrN3. The van der Waals surface area contributed by atoms with Crippen molar-refractivity contribution < 1.29 is 0 Å². The van der Waals surface area contributed by atoms with Crippen molar-refractivity contribution in [1.82, 2.24) is 9.78 Å². The minimum absolute atomic E-state index is 0.187. The van der Waals surface area contributed by atoms with Crippen LogP contribution in [0.5, 0.6) is 0 Å². The van der Waals surface area contributed by atoms with E-state index in [4.69, 9.17) is 5.73 Å². The number of para-hydroxylation sites is 1. The molecule has 0 atom stereocenters. The van der Waals surface area contributed by atoms with Crippen LogP contribution in [0.2, 0.25) is 0 Å². The van der Waals surface area contributed by atoms with Gasteiger partial charge in [-0.3, -0.25) is 4.68 Å². The molecule has 1 aliphatic carbocycles. The maximum Gasteiger partial charge on any atom is 0.135 e. The van der Waals surface area contributed by atoms with E-state index in [-0.39, 0.29) is 5.41 Å². The second kappa shape index (κ2) is 3.82. The fourth-order valence-electron chi connectivity index (χ4n) is 2.91. The Morgan fingerprint density at radius 2 is 2.24 bits per heavy atom. The second-order valence-electron chi connectivity index (χ2n) is 4.95. The summed E-state index contributed by atoms with van der Waals surface area (Å²) in [5.41, 5.74) is 8.79. The minimum atomic E-state index is 0.187. The van der Waals surface area contributed by atoms with Crippen LogP contribution in [0.3, 0.4) is 0 Å². The van der Waals surface area contributed by atoms with Gasteiger partial charge in [-0.2, -0.15) is 5.10 Å². The third-order valence-electron chi connectivity index (χ3n) is 4.09. The van der Waals surface area contributed by atoms with Crippen LogP contribution in [-0.2, 0) is 12.5 Å². The summed E-state index contributed by atoms with van der Waals surface area (Å²) in [7, 11) is 2.00. The van der Waals surface area contributed by atoms with Crippen LogP contribution in [0.4, 0.5) is 0 Å². The van der Waals surface area contributed by atoms with Crippen LogP contribution in [-0.4, -0.2) is 16.3 Å². The first-order valence-corrected chi connectivity index (χ1v) is 6.79. The molecule has 1 fully saturated rings. The van der Waals surface area contributed by atoms with Gasteiger partial charge in [0.2, 0.25) is 0 Å². The number of hydrogen-bond acceptors (Lipinski definition) is 2. The Bertz CT molecular complexity index is 564. The molecule has 0 aliphatic heterocycles. The molecule has 1 aliphatic rings. The van der Waals surface area contributed by atoms with E-state index in [1.165, 1.54) is 35.7 Å². The quantitative estimate of drug-likeness (QED) is 0.925. The van der Waals surface area contributed by atoms with Crippen LogP contribution in [0, 0.1) is 0 Å². The van der Waals surface area contributed by atoms with Crippen molar-refractivity contribution in [1.29, 1.82) is 0 Å². The lowest BCUT2D eigenvalue weighted by Gasteiger charge is -2.41. The topological polar surface area (TPSA) is 43.8 Å². The van der Waals surface area contributed by atoms with Crippen LogP contribution < -0.4 is 5.73 Å². The van der Waals surface area contributed by atoms with Crippen molar-refractivity contribution >= 4 is 26.8 Å². The lowest BCUT2D eigenvalue weighted by Crippen LogP contribution is -2.41. The first-order chi connectivity index (χ1) is 8.18. The highest BCUT2D eigenvalue weighted by atomic mass is 79.9. The molecule has 2 N–H and O–H groups in total. The van der Waals surface area contributed by atoms with E-state index in [0.717, 1.165) is 11.1 Å². The lowest BCUT2D eigenvalue weighted by molar-refractivity contribution is 0.254. The van der Waals surface area contributed by atoms with Crippen LogP contribution in [0.15, 0.2) is 22.8 Å². The molecular weight excluding hydrogens is 278 g/mol. The molecule has 17 heavy (non-hydrogen) atoms. The summed E-state index contributed by atoms with van der Waals surface area (Å²) in [4.78, 5) is 0. The summed E-state index contributed by atoms with van der Waals surface area (Å²) in [5, 5.41) is 5.63. The van der Waals surface area contributed by atoms with Gasteiger partial charge in [-0.05, 0) is 34.3 Å². The summed E-state index contributed by atoms with van der Waals surface area (Å²) >= 11 is 3.52. The van der Waals surface area contributed by atoms with Crippen molar-refractivity contribution in [3.05, 3.63) is 28.4 Å². The number of hydrogen-bond donors (Lipinski definition) is 1. The first kappa shape index (κ1) is 11.2. The minimum Gasteiger partial charge on any atom is -0.330 e. The molecule has 90 valence electrons. The van der Waals surface area contributed by atoms with Crippen molar-refractivity contribution in [3.8, 4) is 0 Å². The Labute approximate surface area is 109 Å². The Kier molecular flexibility index (Phi) is 2.52. The van der Waals surface area contributed by atoms with E-state index < -0.39 is 0 Å². The number of benzene rings is 1.